The predicted molar refractivity (Wildman–Crippen MR) is 132 cm³/mol. The number of carbonyl (C=O) groups is 1. The van der Waals surface area contributed by atoms with Crippen LogP contribution >= 0.6 is 0 Å². The summed E-state index contributed by atoms with van der Waals surface area (Å²) in [7, 11) is 1.60. The van der Waals surface area contributed by atoms with Crippen LogP contribution in [0.4, 0.5) is 5.82 Å². The minimum absolute atomic E-state index is 0.198. The van der Waals surface area contributed by atoms with Gasteiger partial charge in [-0.2, -0.15) is 10.4 Å². The Hall–Kier alpha value is -4.97. The first-order valence-electron chi connectivity index (χ1n) is 11.0. The summed E-state index contributed by atoms with van der Waals surface area (Å²) in [6, 6.07) is 21.1. The van der Waals surface area contributed by atoms with Gasteiger partial charge >= 0.3 is 0 Å². The summed E-state index contributed by atoms with van der Waals surface area (Å²) in [6.45, 7) is 2.48. The Morgan fingerprint density at radius 3 is 2.69 bits per heavy atom. The highest BCUT2D eigenvalue weighted by Crippen LogP contribution is 2.28. The van der Waals surface area contributed by atoms with Crippen LogP contribution in [0.15, 0.2) is 73.1 Å². The number of benzene rings is 1. The number of nitrogens with zero attached hydrogens (tertiary/aromatic N) is 6. The number of hydrogen-bond donors (Lipinski definition) is 2. The average Bonchev–Trinajstić information content (AvgIpc) is 3.51. The van der Waals surface area contributed by atoms with Crippen molar-refractivity contribution in [2.24, 2.45) is 0 Å². The van der Waals surface area contributed by atoms with Gasteiger partial charge in [0.25, 0.3) is 5.91 Å². The molecule has 4 aromatic heterocycles. The van der Waals surface area contributed by atoms with Crippen LogP contribution in [0.25, 0.3) is 22.6 Å². The number of pyridine rings is 2. The molecule has 0 aliphatic heterocycles. The van der Waals surface area contributed by atoms with Gasteiger partial charge in [-0.15, -0.1) is 5.10 Å². The SMILES string of the molecule is CNC(=O)c1cnn2ccc(-c3cc(NCc4ccc(C#N)cc4)nn3-c3cccc(C)n3)cc12. The zero-order valence-electron chi connectivity index (χ0n) is 19.2. The Labute approximate surface area is 201 Å². The quantitative estimate of drug-likeness (QED) is 0.398. The van der Waals surface area contributed by atoms with Crippen LogP contribution in [-0.2, 0) is 6.54 Å². The fraction of sp³-hybridized carbons (Fsp3) is 0.115. The molecular formula is C26H22N8O. The lowest BCUT2D eigenvalue weighted by molar-refractivity contribution is 0.0964. The number of rotatable bonds is 6. The van der Waals surface area contributed by atoms with E-state index in [1.54, 1.807) is 34.6 Å². The van der Waals surface area contributed by atoms with Crippen molar-refractivity contribution in [3.63, 3.8) is 0 Å². The van der Waals surface area contributed by atoms with Gasteiger partial charge in [0.2, 0.25) is 0 Å². The third kappa shape index (κ3) is 4.32. The summed E-state index contributed by atoms with van der Waals surface area (Å²) in [5, 5.41) is 24.1. The maximum atomic E-state index is 12.3. The van der Waals surface area contributed by atoms with E-state index in [1.807, 2.05) is 61.7 Å². The molecule has 0 atom stereocenters. The summed E-state index contributed by atoms with van der Waals surface area (Å²) < 4.78 is 3.46. The van der Waals surface area contributed by atoms with Crippen molar-refractivity contribution < 1.29 is 4.79 Å². The van der Waals surface area contributed by atoms with Crippen molar-refractivity contribution in [3.05, 3.63) is 95.4 Å². The van der Waals surface area contributed by atoms with Gasteiger partial charge < -0.3 is 10.6 Å². The molecule has 9 heteroatoms. The summed E-state index contributed by atoms with van der Waals surface area (Å²) in [5.41, 5.74) is 5.40. The van der Waals surface area contributed by atoms with E-state index in [0.29, 0.717) is 34.8 Å². The molecule has 1 aromatic carbocycles. The molecule has 5 rings (SSSR count). The predicted octanol–water partition coefficient (Wildman–Crippen LogP) is 3.73. The summed E-state index contributed by atoms with van der Waals surface area (Å²) in [4.78, 5) is 17.0. The van der Waals surface area contributed by atoms with Crippen LogP contribution in [-0.4, -0.2) is 37.3 Å². The zero-order chi connectivity index (χ0) is 24.4. The van der Waals surface area contributed by atoms with Gasteiger partial charge in [-0.1, -0.05) is 18.2 Å². The molecule has 0 aliphatic carbocycles. The highest BCUT2D eigenvalue weighted by Gasteiger charge is 2.16. The monoisotopic (exact) mass is 462 g/mol. The van der Waals surface area contributed by atoms with Crippen molar-refractivity contribution >= 4 is 17.2 Å². The lowest BCUT2D eigenvalue weighted by Crippen LogP contribution is -2.17. The molecule has 0 saturated carbocycles. The summed E-state index contributed by atoms with van der Waals surface area (Å²) >= 11 is 0. The molecule has 35 heavy (non-hydrogen) atoms. The van der Waals surface area contributed by atoms with E-state index in [4.69, 9.17) is 10.4 Å². The number of nitriles is 1. The van der Waals surface area contributed by atoms with Crippen LogP contribution in [0.1, 0.15) is 27.2 Å². The molecule has 0 radical (unpaired) electrons. The first-order valence-corrected chi connectivity index (χ1v) is 11.0. The van der Waals surface area contributed by atoms with Crippen molar-refractivity contribution in [1.29, 1.82) is 5.26 Å². The number of aryl methyl sites for hydroxylation is 1. The van der Waals surface area contributed by atoms with Gasteiger partial charge in [0, 0.05) is 37.1 Å². The Morgan fingerprint density at radius 2 is 1.94 bits per heavy atom. The molecule has 5 aromatic rings. The number of amides is 1. The number of nitrogens with one attached hydrogen (secondary N) is 2. The van der Waals surface area contributed by atoms with Crippen molar-refractivity contribution in [1.82, 2.24) is 29.7 Å². The number of fused-ring (bicyclic) bond motifs is 1. The second kappa shape index (κ2) is 9.11. The third-order valence-electron chi connectivity index (χ3n) is 5.65. The second-order valence-corrected chi connectivity index (χ2v) is 8.01. The summed E-state index contributed by atoms with van der Waals surface area (Å²) in [5.74, 6) is 1.16. The van der Waals surface area contributed by atoms with Gasteiger partial charge in [-0.3, -0.25) is 4.79 Å². The molecule has 9 nitrogen and oxygen atoms in total. The molecule has 0 aliphatic rings. The van der Waals surface area contributed by atoms with Crippen LogP contribution in [0.2, 0.25) is 0 Å². The smallest absolute Gasteiger partial charge is 0.254 e. The standard InChI is InChI=1S/C26H22N8O/c1-17-4-3-5-25(31-17)34-22(13-24(32-34)29-15-19-8-6-18(14-27)7-9-19)20-10-11-33-23(12-20)21(16-30-33)26(35)28-2/h3-13,16H,15H2,1-2H3,(H,28,35)(H,29,32). The lowest BCUT2D eigenvalue weighted by Gasteiger charge is -2.08. The Morgan fingerprint density at radius 1 is 1.11 bits per heavy atom. The van der Waals surface area contributed by atoms with E-state index >= 15 is 0 Å². The normalized spacial score (nSPS) is 10.8. The zero-order valence-corrected chi connectivity index (χ0v) is 19.2. The molecule has 1 amide bonds. The molecular weight excluding hydrogens is 440 g/mol. The van der Waals surface area contributed by atoms with Crippen LogP contribution in [0, 0.1) is 18.3 Å². The lowest BCUT2D eigenvalue weighted by atomic mass is 10.1. The largest absolute Gasteiger partial charge is 0.364 e. The van der Waals surface area contributed by atoms with Crippen molar-refractivity contribution in [2.75, 3.05) is 12.4 Å². The van der Waals surface area contributed by atoms with E-state index in [-0.39, 0.29) is 5.91 Å². The highest BCUT2D eigenvalue weighted by molar-refractivity contribution is 6.01. The number of aromatic nitrogens is 5. The number of carbonyl (C=O) groups excluding carboxylic acids is 1. The van der Waals surface area contributed by atoms with Gasteiger partial charge in [0.1, 0.15) is 5.82 Å². The molecule has 0 saturated heterocycles. The molecule has 4 heterocycles. The maximum absolute atomic E-state index is 12.3. The van der Waals surface area contributed by atoms with Gasteiger partial charge in [-0.25, -0.2) is 14.2 Å². The van der Waals surface area contributed by atoms with E-state index in [2.05, 4.69) is 26.8 Å². The van der Waals surface area contributed by atoms with E-state index < -0.39 is 0 Å². The van der Waals surface area contributed by atoms with Crippen LogP contribution < -0.4 is 10.6 Å². The van der Waals surface area contributed by atoms with E-state index in [0.717, 1.165) is 22.5 Å². The Balaban J connectivity index is 1.55. The van der Waals surface area contributed by atoms with Gasteiger partial charge in [-0.05, 0) is 48.9 Å². The van der Waals surface area contributed by atoms with Crippen molar-refractivity contribution in [2.45, 2.75) is 13.5 Å². The molecule has 0 bridgehead atoms. The fourth-order valence-electron chi connectivity index (χ4n) is 3.83. The summed E-state index contributed by atoms with van der Waals surface area (Å²) in [6.07, 6.45) is 3.38. The molecule has 2 N–H and O–H groups in total. The number of anilines is 1. The van der Waals surface area contributed by atoms with Gasteiger partial charge in [0.05, 0.1) is 34.6 Å². The maximum Gasteiger partial charge on any atom is 0.254 e. The van der Waals surface area contributed by atoms with Crippen molar-refractivity contribution in [3.8, 4) is 23.1 Å². The Bertz CT molecular complexity index is 1570. The number of hydrogen-bond acceptors (Lipinski definition) is 6. The van der Waals surface area contributed by atoms with E-state index in [1.165, 1.54) is 0 Å². The van der Waals surface area contributed by atoms with Gasteiger partial charge in [0.15, 0.2) is 5.82 Å². The average molecular weight is 463 g/mol. The molecule has 0 fully saturated rings. The topological polar surface area (TPSA) is 113 Å². The third-order valence-corrected chi connectivity index (χ3v) is 5.65. The fourth-order valence-corrected chi connectivity index (χ4v) is 3.83. The first-order chi connectivity index (χ1) is 17.1. The minimum Gasteiger partial charge on any atom is -0.364 e. The van der Waals surface area contributed by atoms with Crippen LogP contribution in [0.3, 0.4) is 0 Å². The van der Waals surface area contributed by atoms with Crippen LogP contribution in [0.5, 0.6) is 0 Å². The van der Waals surface area contributed by atoms with E-state index in [9.17, 15) is 4.79 Å². The molecule has 0 spiro atoms. The molecule has 0 unspecified atom stereocenters. The molecule has 172 valence electrons. The second-order valence-electron chi connectivity index (χ2n) is 8.01. The highest BCUT2D eigenvalue weighted by atomic mass is 16.1. The first kappa shape index (κ1) is 21.9. The Kier molecular flexibility index (Phi) is 5.69. The minimum atomic E-state index is -0.198.